The summed E-state index contributed by atoms with van der Waals surface area (Å²) in [7, 11) is 0. The summed E-state index contributed by atoms with van der Waals surface area (Å²) in [6.07, 6.45) is 0. The lowest BCUT2D eigenvalue weighted by atomic mass is 10.1. The molecular formula is C13H8N2O. The lowest BCUT2D eigenvalue weighted by molar-refractivity contribution is 0.476. The average Bonchev–Trinajstić information content (AvgIpc) is 2.65. The summed E-state index contributed by atoms with van der Waals surface area (Å²) in [5, 5.41) is 20.3. The van der Waals surface area contributed by atoms with Crippen molar-refractivity contribution >= 4 is 21.8 Å². The van der Waals surface area contributed by atoms with Gasteiger partial charge in [-0.1, -0.05) is 0 Å². The van der Waals surface area contributed by atoms with Gasteiger partial charge in [-0.3, -0.25) is 0 Å². The number of aromatic hydroxyl groups is 1. The summed E-state index contributed by atoms with van der Waals surface area (Å²) in [5.74, 6) is 0.236. The van der Waals surface area contributed by atoms with Gasteiger partial charge in [0.2, 0.25) is 0 Å². The van der Waals surface area contributed by atoms with E-state index < -0.39 is 0 Å². The van der Waals surface area contributed by atoms with Crippen LogP contribution in [0.25, 0.3) is 21.8 Å². The predicted molar refractivity (Wildman–Crippen MR) is 62.2 cm³/mol. The van der Waals surface area contributed by atoms with E-state index in [4.69, 9.17) is 5.26 Å². The number of rotatable bonds is 0. The maximum Gasteiger partial charge on any atom is 0.117 e. The minimum atomic E-state index is 0.236. The number of phenolic OH excluding ortho intramolecular Hbond substituents is 1. The monoisotopic (exact) mass is 208 g/mol. The molecule has 3 rings (SSSR count). The number of fused-ring (bicyclic) bond motifs is 3. The Morgan fingerprint density at radius 2 is 1.88 bits per heavy atom. The van der Waals surface area contributed by atoms with Crippen molar-refractivity contribution in [3.63, 3.8) is 0 Å². The molecule has 0 atom stereocenters. The molecule has 0 aliphatic rings. The van der Waals surface area contributed by atoms with E-state index in [1.54, 1.807) is 18.2 Å². The Labute approximate surface area is 91.6 Å². The molecule has 0 radical (unpaired) electrons. The number of aromatic nitrogens is 1. The molecule has 0 amide bonds. The van der Waals surface area contributed by atoms with Gasteiger partial charge in [0, 0.05) is 22.4 Å². The highest BCUT2D eigenvalue weighted by Gasteiger charge is 2.05. The van der Waals surface area contributed by atoms with Gasteiger partial charge in [0.15, 0.2) is 0 Å². The summed E-state index contributed by atoms with van der Waals surface area (Å²) >= 11 is 0. The number of hydrogen-bond acceptors (Lipinski definition) is 2. The van der Waals surface area contributed by atoms with E-state index in [9.17, 15) is 5.11 Å². The molecule has 0 unspecified atom stereocenters. The van der Waals surface area contributed by atoms with Crippen LogP contribution in [0.2, 0.25) is 0 Å². The smallest absolute Gasteiger partial charge is 0.117 e. The first-order valence-corrected chi connectivity index (χ1v) is 4.92. The SMILES string of the molecule is N#Cc1ccc2[nH]c3cc(O)ccc3c2c1. The minimum absolute atomic E-state index is 0.236. The van der Waals surface area contributed by atoms with Crippen molar-refractivity contribution < 1.29 is 5.11 Å². The van der Waals surface area contributed by atoms with E-state index in [0.717, 1.165) is 21.8 Å². The van der Waals surface area contributed by atoms with Crippen LogP contribution in [0.15, 0.2) is 36.4 Å². The standard InChI is InChI=1S/C13H8N2O/c14-7-8-1-4-12-11(5-8)10-3-2-9(16)6-13(10)15-12/h1-6,15-16H. The second-order valence-corrected chi connectivity index (χ2v) is 3.73. The van der Waals surface area contributed by atoms with E-state index in [-0.39, 0.29) is 5.75 Å². The molecular weight excluding hydrogens is 200 g/mol. The molecule has 0 fully saturated rings. The molecule has 3 heteroatoms. The Bertz CT molecular complexity index is 735. The predicted octanol–water partition coefficient (Wildman–Crippen LogP) is 2.90. The first-order valence-electron chi connectivity index (χ1n) is 4.92. The van der Waals surface area contributed by atoms with E-state index in [0.29, 0.717) is 5.56 Å². The van der Waals surface area contributed by atoms with Crippen molar-refractivity contribution in [1.29, 1.82) is 5.26 Å². The highest BCUT2D eigenvalue weighted by atomic mass is 16.3. The van der Waals surface area contributed by atoms with Crippen molar-refractivity contribution in [3.8, 4) is 11.8 Å². The number of phenols is 1. The molecule has 16 heavy (non-hydrogen) atoms. The molecule has 0 aliphatic heterocycles. The zero-order valence-electron chi connectivity index (χ0n) is 8.36. The van der Waals surface area contributed by atoms with E-state index >= 15 is 0 Å². The molecule has 3 aromatic rings. The largest absolute Gasteiger partial charge is 0.508 e. The van der Waals surface area contributed by atoms with Gasteiger partial charge in [-0.25, -0.2) is 0 Å². The van der Waals surface area contributed by atoms with E-state index in [1.807, 2.05) is 18.2 Å². The summed E-state index contributed by atoms with van der Waals surface area (Å²) in [5.41, 5.74) is 2.49. The lowest BCUT2D eigenvalue weighted by Gasteiger charge is -1.92. The van der Waals surface area contributed by atoms with Crippen LogP contribution in [0.1, 0.15) is 5.56 Å². The molecule has 1 aromatic heterocycles. The van der Waals surface area contributed by atoms with Gasteiger partial charge < -0.3 is 10.1 Å². The zero-order valence-corrected chi connectivity index (χ0v) is 8.36. The third-order valence-electron chi connectivity index (χ3n) is 2.71. The van der Waals surface area contributed by atoms with Crippen molar-refractivity contribution in [2.45, 2.75) is 0 Å². The summed E-state index contributed by atoms with van der Waals surface area (Å²) in [4.78, 5) is 3.20. The minimum Gasteiger partial charge on any atom is -0.508 e. The van der Waals surface area contributed by atoms with Crippen LogP contribution < -0.4 is 0 Å². The van der Waals surface area contributed by atoms with Crippen molar-refractivity contribution in [2.24, 2.45) is 0 Å². The highest BCUT2D eigenvalue weighted by molar-refractivity contribution is 6.07. The number of H-pyrrole nitrogens is 1. The first kappa shape index (κ1) is 8.81. The molecule has 0 spiro atoms. The fraction of sp³-hybridized carbons (Fsp3) is 0. The van der Waals surface area contributed by atoms with Gasteiger partial charge in [-0.15, -0.1) is 0 Å². The zero-order chi connectivity index (χ0) is 11.1. The second kappa shape index (κ2) is 3.01. The maximum absolute atomic E-state index is 9.38. The van der Waals surface area contributed by atoms with Crippen LogP contribution in [0.5, 0.6) is 5.75 Å². The molecule has 1 heterocycles. The van der Waals surface area contributed by atoms with Crippen molar-refractivity contribution in [3.05, 3.63) is 42.0 Å². The third kappa shape index (κ3) is 1.14. The highest BCUT2D eigenvalue weighted by Crippen LogP contribution is 2.28. The molecule has 2 aromatic carbocycles. The number of hydrogen-bond donors (Lipinski definition) is 2. The Balaban J connectivity index is 2.48. The summed E-state index contributed by atoms with van der Waals surface area (Å²) in [6.45, 7) is 0. The quantitative estimate of drug-likeness (QED) is 0.596. The first-order chi connectivity index (χ1) is 7.78. The molecule has 76 valence electrons. The van der Waals surface area contributed by atoms with Crippen LogP contribution in [0, 0.1) is 11.3 Å². The van der Waals surface area contributed by atoms with Crippen LogP contribution in [0.4, 0.5) is 0 Å². The molecule has 0 saturated heterocycles. The fourth-order valence-corrected chi connectivity index (χ4v) is 1.96. The van der Waals surface area contributed by atoms with E-state index in [1.165, 1.54) is 0 Å². The molecule has 0 aliphatic carbocycles. The molecule has 0 bridgehead atoms. The Morgan fingerprint density at radius 1 is 1.00 bits per heavy atom. The number of nitriles is 1. The van der Waals surface area contributed by atoms with Gasteiger partial charge in [-0.2, -0.15) is 5.26 Å². The van der Waals surface area contributed by atoms with Crippen LogP contribution in [-0.4, -0.2) is 10.1 Å². The van der Waals surface area contributed by atoms with Crippen LogP contribution >= 0.6 is 0 Å². The maximum atomic E-state index is 9.38. The number of aromatic amines is 1. The lowest BCUT2D eigenvalue weighted by Crippen LogP contribution is -1.72. The fourth-order valence-electron chi connectivity index (χ4n) is 1.96. The van der Waals surface area contributed by atoms with Crippen LogP contribution in [0.3, 0.4) is 0 Å². The second-order valence-electron chi connectivity index (χ2n) is 3.73. The molecule has 3 nitrogen and oxygen atoms in total. The average molecular weight is 208 g/mol. The summed E-state index contributed by atoms with van der Waals surface area (Å²) in [6, 6.07) is 12.8. The summed E-state index contributed by atoms with van der Waals surface area (Å²) < 4.78 is 0. The van der Waals surface area contributed by atoms with Crippen molar-refractivity contribution in [2.75, 3.05) is 0 Å². The normalized spacial score (nSPS) is 10.7. The number of nitrogens with one attached hydrogen (secondary N) is 1. The number of benzene rings is 2. The van der Waals surface area contributed by atoms with Gasteiger partial charge >= 0.3 is 0 Å². The van der Waals surface area contributed by atoms with Gasteiger partial charge in [0.25, 0.3) is 0 Å². The Kier molecular flexibility index (Phi) is 1.66. The Hall–Kier alpha value is -2.47. The third-order valence-corrected chi connectivity index (χ3v) is 2.71. The van der Waals surface area contributed by atoms with Crippen LogP contribution in [-0.2, 0) is 0 Å². The van der Waals surface area contributed by atoms with Gasteiger partial charge in [-0.05, 0) is 30.3 Å². The van der Waals surface area contributed by atoms with Crippen molar-refractivity contribution in [1.82, 2.24) is 4.98 Å². The topological polar surface area (TPSA) is 59.8 Å². The molecule has 2 N–H and O–H groups in total. The van der Waals surface area contributed by atoms with Gasteiger partial charge in [0.05, 0.1) is 17.1 Å². The Morgan fingerprint density at radius 3 is 2.69 bits per heavy atom. The van der Waals surface area contributed by atoms with E-state index in [2.05, 4.69) is 11.1 Å². The molecule has 0 saturated carbocycles. The number of nitrogens with zero attached hydrogens (tertiary/aromatic N) is 1. The van der Waals surface area contributed by atoms with Gasteiger partial charge in [0.1, 0.15) is 5.75 Å².